The fourth-order valence-corrected chi connectivity index (χ4v) is 4.22. The average Bonchev–Trinajstić information content (AvgIpc) is 3.25. The zero-order valence-electron chi connectivity index (χ0n) is 20.2. The van der Waals surface area contributed by atoms with Crippen LogP contribution in [0.2, 0.25) is 0 Å². The zero-order chi connectivity index (χ0) is 26.0. The summed E-state index contributed by atoms with van der Waals surface area (Å²) in [5, 5.41) is 29.9. The normalized spacial score (nSPS) is 16.1. The number of nitrogens with zero attached hydrogens (tertiary/aromatic N) is 1. The molecule has 1 aliphatic carbocycles. The van der Waals surface area contributed by atoms with Gasteiger partial charge in [-0.15, -0.1) is 0 Å². The first-order chi connectivity index (χ1) is 16.9. The Balaban J connectivity index is 0.000000302. The molecule has 3 aromatic rings. The molecule has 4 rings (SSSR count). The van der Waals surface area contributed by atoms with E-state index in [-0.39, 0.29) is 17.3 Å². The Morgan fingerprint density at radius 2 is 2.03 bits per heavy atom. The summed E-state index contributed by atoms with van der Waals surface area (Å²) < 4.78 is 4.93. The zero-order valence-corrected chi connectivity index (χ0v) is 20.2. The van der Waals surface area contributed by atoms with Crippen molar-refractivity contribution in [2.24, 2.45) is 17.6 Å². The average molecular weight is 487 g/mol. The van der Waals surface area contributed by atoms with Gasteiger partial charge in [0.25, 0.3) is 5.88 Å². The van der Waals surface area contributed by atoms with Crippen molar-refractivity contribution in [3.63, 3.8) is 0 Å². The first kappa shape index (κ1) is 27.6. The van der Waals surface area contributed by atoms with Crippen molar-refractivity contribution in [2.45, 2.75) is 26.2 Å². The molecule has 2 heterocycles. The molecule has 0 spiro atoms. The molecular formula is C25H34N4O6. The number of hydrogen-bond acceptors (Lipinski definition) is 7. The van der Waals surface area contributed by atoms with E-state index in [1.165, 1.54) is 32.2 Å². The smallest absolute Gasteiger partial charge is 0.352 e. The van der Waals surface area contributed by atoms with E-state index in [4.69, 9.17) is 15.6 Å². The number of fused-ring (bicyclic) bond motifs is 1. The van der Waals surface area contributed by atoms with Crippen LogP contribution in [0.3, 0.4) is 0 Å². The number of rotatable bonds is 8. The lowest BCUT2D eigenvalue weighted by atomic mass is 9.75. The topological polar surface area (TPSA) is 171 Å². The van der Waals surface area contributed by atoms with Crippen LogP contribution in [0.4, 0.5) is 0 Å². The summed E-state index contributed by atoms with van der Waals surface area (Å²) in [6.45, 7) is 3.65. The number of hydrogen-bond donors (Lipinski definition) is 6. The molecule has 1 fully saturated rings. The van der Waals surface area contributed by atoms with E-state index in [1.54, 1.807) is 0 Å². The number of pyridine rings is 1. The van der Waals surface area contributed by atoms with Crippen LogP contribution in [-0.4, -0.2) is 65.0 Å². The Morgan fingerprint density at radius 1 is 1.31 bits per heavy atom. The number of methoxy groups -OCH3 is 1. The standard InChI is InChI=1S/C17H16N2O4.C7H14N2O.CH4O/c1-3-9-5-4-6-11-13(15(17(21)22)19-14(9)11)10-7-12(20)16(23-2)18-8-10;8-3-6-1-7(2-6)4-9-5-10;1-2/h4-8,19-20H,3H2,1-2H3,(H,21,22);5-7H,1-4,8H2,(H,9,10);2H,1H3. The number of amides is 1. The van der Waals surface area contributed by atoms with E-state index in [2.05, 4.69) is 15.3 Å². The maximum atomic E-state index is 11.6. The Kier molecular flexibility index (Phi) is 10.5. The van der Waals surface area contributed by atoms with E-state index < -0.39 is 5.97 Å². The number of aromatic hydroxyl groups is 1. The molecular weight excluding hydrogens is 452 g/mol. The highest BCUT2D eigenvalue weighted by Gasteiger charge is 2.27. The van der Waals surface area contributed by atoms with Crippen LogP contribution in [0.5, 0.6) is 11.6 Å². The summed E-state index contributed by atoms with van der Waals surface area (Å²) in [5.74, 6) is 0.313. The van der Waals surface area contributed by atoms with Crippen LogP contribution in [0.25, 0.3) is 22.0 Å². The van der Waals surface area contributed by atoms with Gasteiger partial charge in [0, 0.05) is 41.9 Å². The second kappa shape index (κ2) is 13.3. The predicted molar refractivity (Wildman–Crippen MR) is 134 cm³/mol. The van der Waals surface area contributed by atoms with Gasteiger partial charge >= 0.3 is 5.97 Å². The van der Waals surface area contributed by atoms with Gasteiger partial charge in [-0.05, 0) is 49.3 Å². The Labute approximate surface area is 204 Å². The SMILES string of the molecule is CCc1cccc2c(-c3cnc(OC)c(O)c3)c(C(=O)O)[nH]c12.CO.NCC1CC(CNC=O)C1. The van der Waals surface area contributed by atoms with Crippen molar-refractivity contribution < 1.29 is 29.6 Å². The van der Waals surface area contributed by atoms with Gasteiger partial charge < -0.3 is 36.1 Å². The number of nitrogens with one attached hydrogen (secondary N) is 2. The van der Waals surface area contributed by atoms with Crippen LogP contribution in [-0.2, 0) is 11.2 Å². The number of carboxylic acids is 1. The third kappa shape index (κ3) is 6.49. The first-order valence-corrected chi connectivity index (χ1v) is 11.3. The van der Waals surface area contributed by atoms with Crippen molar-refractivity contribution in [1.29, 1.82) is 0 Å². The molecule has 1 aromatic carbocycles. The highest BCUT2D eigenvalue weighted by Crippen LogP contribution is 2.37. The van der Waals surface area contributed by atoms with Gasteiger partial charge in [-0.25, -0.2) is 9.78 Å². The molecule has 10 heteroatoms. The van der Waals surface area contributed by atoms with Gasteiger partial charge in [0.05, 0.1) is 7.11 Å². The summed E-state index contributed by atoms with van der Waals surface area (Å²) in [6, 6.07) is 7.16. The number of carbonyl (C=O) groups excluding carboxylic acids is 1. The monoisotopic (exact) mass is 486 g/mol. The van der Waals surface area contributed by atoms with Gasteiger partial charge in [-0.1, -0.05) is 25.1 Å². The number of carbonyl (C=O) groups is 2. The second-order valence-corrected chi connectivity index (χ2v) is 8.09. The molecule has 0 radical (unpaired) electrons. The summed E-state index contributed by atoms with van der Waals surface area (Å²) in [7, 11) is 2.41. The molecule has 10 nitrogen and oxygen atoms in total. The largest absolute Gasteiger partial charge is 0.503 e. The van der Waals surface area contributed by atoms with Gasteiger partial charge in [-0.2, -0.15) is 0 Å². The van der Waals surface area contributed by atoms with Gasteiger partial charge in [0.15, 0.2) is 5.75 Å². The Hall–Kier alpha value is -3.63. The number of carboxylic acid groups (broad SMARTS) is 1. The van der Waals surface area contributed by atoms with Crippen molar-refractivity contribution >= 4 is 23.3 Å². The molecule has 7 N–H and O–H groups in total. The van der Waals surface area contributed by atoms with Gasteiger partial charge in [0.1, 0.15) is 5.69 Å². The van der Waals surface area contributed by atoms with E-state index in [0.29, 0.717) is 17.0 Å². The fraction of sp³-hybridized carbons (Fsp3) is 0.400. The second-order valence-electron chi connectivity index (χ2n) is 8.09. The summed E-state index contributed by atoms with van der Waals surface area (Å²) in [6.07, 6.45) is 5.42. The Morgan fingerprint density at radius 3 is 2.57 bits per heavy atom. The third-order valence-electron chi connectivity index (χ3n) is 5.99. The molecule has 1 saturated carbocycles. The first-order valence-electron chi connectivity index (χ1n) is 11.3. The number of H-pyrrole nitrogens is 1. The lowest BCUT2D eigenvalue weighted by Gasteiger charge is -2.34. The van der Waals surface area contributed by atoms with Gasteiger partial charge in [-0.3, -0.25) is 4.79 Å². The molecule has 0 aliphatic heterocycles. The molecule has 0 atom stereocenters. The lowest BCUT2D eigenvalue weighted by Crippen LogP contribution is -2.36. The summed E-state index contributed by atoms with van der Waals surface area (Å²) >= 11 is 0. The summed E-state index contributed by atoms with van der Waals surface area (Å²) in [4.78, 5) is 28.5. The minimum atomic E-state index is -1.06. The third-order valence-corrected chi connectivity index (χ3v) is 5.99. The molecule has 190 valence electrons. The maximum Gasteiger partial charge on any atom is 0.352 e. The molecule has 0 unspecified atom stereocenters. The number of aromatic amines is 1. The number of aromatic carboxylic acids is 1. The van der Waals surface area contributed by atoms with E-state index >= 15 is 0 Å². The minimum Gasteiger partial charge on any atom is -0.503 e. The molecule has 0 bridgehead atoms. The maximum absolute atomic E-state index is 11.6. The van der Waals surface area contributed by atoms with E-state index in [1.807, 2.05) is 25.1 Å². The molecule has 0 saturated heterocycles. The van der Waals surface area contributed by atoms with Crippen LogP contribution in [0.15, 0.2) is 30.5 Å². The van der Waals surface area contributed by atoms with E-state index in [9.17, 15) is 19.8 Å². The number of ether oxygens (including phenoxy) is 1. The predicted octanol–water partition coefficient (Wildman–Crippen LogP) is 2.53. The Bertz CT molecular complexity index is 1120. The van der Waals surface area contributed by atoms with Crippen molar-refractivity contribution in [3.05, 3.63) is 41.7 Å². The van der Waals surface area contributed by atoms with Crippen LogP contribution in [0.1, 0.15) is 35.8 Å². The molecule has 1 amide bonds. The minimum absolute atomic E-state index is 0.0762. The highest BCUT2D eigenvalue weighted by molar-refractivity contribution is 6.08. The van der Waals surface area contributed by atoms with Crippen LogP contribution >= 0.6 is 0 Å². The van der Waals surface area contributed by atoms with E-state index in [0.717, 1.165) is 55.4 Å². The number of para-hydroxylation sites is 1. The number of nitrogens with two attached hydrogens (primary N) is 1. The quantitative estimate of drug-likeness (QED) is 0.264. The number of aliphatic hydroxyl groups excluding tert-OH is 1. The van der Waals surface area contributed by atoms with Crippen LogP contribution < -0.4 is 15.8 Å². The van der Waals surface area contributed by atoms with Crippen molar-refractivity contribution in [1.82, 2.24) is 15.3 Å². The highest BCUT2D eigenvalue weighted by atomic mass is 16.5. The molecule has 1 aliphatic rings. The number of benzene rings is 1. The van der Waals surface area contributed by atoms with Gasteiger partial charge in [0.2, 0.25) is 6.41 Å². The number of aromatic nitrogens is 2. The fourth-order valence-electron chi connectivity index (χ4n) is 4.22. The summed E-state index contributed by atoms with van der Waals surface area (Å²) in [5.41, 5.74) is 8.35. The number of aryl methyl sites for hydroxylation is 1. The lowest BCUT2D eigenvalue weighted by molar-refractivity contribution is -0.109. The van der Waals surface area contributed by atoms with Crippen molar-refractivity contribution in [2.75, 3.05) is 27.3 Å². The molecule has 35 heavy (non-hydrogen) atoms. The van der Waals surface area contributed by atoms with Crippen LogP contribution in [0, 0.1) is 11.8 Å². The van der Waals surface area contributed by atoms with Crippen molar-refractivity contribution in [3.8, 4) is 22.8 Å². The molecule has 2 aromatic heterocycles. The number of aliphatic hydroxyl groups is 1.